The normalized spacial score (nSPS) is 16.5. The summed E-state index contributed by atoms with van der Waals surface area (Å²) >= 11 is 24.4. The second-order valence-electron chi connectivity index (χ2n) is 15.9. The molecule has 1 saturated heterocycles. The van der Waals surface area contributed by atoms with Gasteiger partial charge in [0.1, 0.15) is 33.2 Å². The number of ether oxygens (including phenoxy) is 4. The number of fused-ring (bicyclic) bond motifs is 6. The second kappa shape index (κ2) is 20.7. The molecule has 0 aliphatic carbocycles. The summed E-state index contributed by atoms with van der Waals surface area (Å²) in [6.07, 6.45) is -0.0766. The van der Waals surface area contributed by atoms with Crippen molar-refractivity contribution in [2.45, 2.75) is 34.7 Å². The Hall–Kier alpha value is -5.75. The fraction of sp³-hybridized carbons (Fsp3) is 0.267. The van der Waals surface area contributed by atoms with E-state index in [1.165, 1.54) is 41.3 Å². The van der Waals surface area contributed by atoms with Crippen molar-refractivity contribution >= 4 is 103 Å². The van der Waals surface area contributed by atoms with Gasteiger partial charge in [-0.3, -0.25) is 14.4 Å². The second-order valence-corrected chi connectivity index (χ2v) is 20.6. The number of carbonyl (C=O) groups is 4. The summed E-state index contributed by atoms with van der Waals surface area (Å²) in [5.74, 6) is -1.92. The fourth-order valence-corrected chi connectivity index (χ4v) is 11.2. The largest absolute Gasteiger partial charge is 0.508 e. The van der Waals surface area contributed by atoms with Crippen molar-refractivity contribution in [2.75, 3.05) is 51.4 Å². The molecule has 0 saturated carbocycles. The van der Waals surface area contributed by atoms with E-state index in [1.807, 2.05) is 0 Å². The first kappa shape index (κ1) is 49.7. The van der Waals surface area contributed by atoms with Gasteiger partial charge in [-0.1, -0.05) is 46.9 Å². The average molecular weight is 1060 g/mol. The molecular weight excluding hydrogens is 1020 g/mol. The van der Waals surface area contributed by atoms with Crippen LogP contribution < -0.4 is 31.1 Å². The number of nitrogens with two attached hydrogens (primary N) is 1. The number of rotatable bonds is 16. The molecule has 5 aromatic rings. The van der Waals surface area contributed by atoms with Crippen LogP contribution in [0.1, 0.15) is 49.4 Å². The first-order chi connectivity index (χ1) is 32.9. The molecule has 18 nitrogen and oxygen atoms in total. The molecule has 1 spiro atoms. The van der Waals surface area contributed by atoms with Gasteiger partial charge in [0.25, 0.3) is 5.91 Å². The molecule has 362 valence electrons. The highest BCUT2D eigenvalue weighted by molar-refractivity contribution is 7.91. The van der Waals surface area contributed by atoms with Gasteiger partial charge >= 0.3 is 5.97 Å². The molecule has 69 heavy (non-hydrogen) atoms. The minimum absolute atomic E-state index is 0.00470. The highest BCUT2D eigenvalue weighted by Gasteiger charge is 2.54. The lowest BCUT2D eigenvalue weighted by Crippen LogP contribution is -2.47. The van der Waals surface area contributed by atoms with Crippen molar-refractivity contribution in [1.82, 2.24) is 20.9 Å². The lowest BCUT2D eigenvalue weighted by molar-refractivity contribution is -0.125. The number of halogens is 3. The number of phenolic OH excluding ortho intramolecular Hbond substituents is 2. The number of likely N-dealkylation sites (tertiary alicyclic amines) is 1. The van der Waals surface area contributed by atoms with E-state index >= 15 is 0 Å². The van der Waals surface area contributed by atoms with Crippen LogP contribution in [0, 0.1) is 0 Å². The predicted octanol–water partition coefficient (Wildman–Crippen LogP) is 5.41. The third-order valence-corrected chi connectivity index (χ3v) is 14.8. The van der Waals surface area contributed by atoms with Crippen molar-refractivity contribution in [3.05, 3.63) is 127 Å². The van der Waals surface area contributed by atoms with Crippen LogP contribution >= 0.6 is 58.4 Å². The molecular formula is C45H41Cl3N6O12S3. The monoisotopic (exact) mass is 1060 g/mol. The van der Waals surface area contributed by atoms with Crippen molar-refractivity contribution in [3.63, 3.8) is 0 Å². The Kier molecular flexibility index (Phi) is 14.9. The minimum Gasteiger partial charge on any atom is -0.508 e. The molecule has 3 aliphatic rings. The number of carbonyl (C=O) groups excluding carboxylic acids is 4. The van der Waals surface area contributed by atoms with Gasteiger partial charge in [0.2, 0.25) is 21.8 Å². The number of amides is 3. The lowest BCUT2D eigenvalue weighted by atomic mass is 9.77. The van der Waals surface area contributed by atoms with E-state index in [0.717, 1.165) is 0 Å². The number of thiophene rings is 1. The Morgan fingerprint density at radius 1 is 0.870 bits per heavy atom. The van der Waals surface area contributed by atoms with Crippen LogP contribution in [0.5, 0.6) is 23.0 Å². The number of aromatic hydroxyl groups is 2. The zero-order valence-electron chi connectivity index (χ0n) is 35.9. The number of primary sulfonamides is 1. The van der Waals surface area contributed by atoms with E-state index < -0.39 is 55.6 Å². The maximum Gasteiger partial charge on any atom is 0.340 e. The Labute approximate surface area is 419 Å². The molecule has 4 aromatic carbocycles. The molecule has 1 fully saturated rings. The Morgan fingerprint density at radius 2 is 1.52 bits per heavy atom. The first-order valence-corrected chi connectivity index (χ1v) is 24.9. The van der Waals surface area contributed by atoms with Crippen molar-refractivity contribution in [2.24, 2.45) is 5.14 Å². The Morgan fingerprint density at radius 3 is 2.17 bits per heavy atom. The van der Waals surface area contributed by atoms with Crippen molar-refractivity contribution < 1.29 is 56.8 Å². The highest BCUT2D eigenvalue weighted by atomic mass is 35.5. The molecule has 3 amide bonds. The first-order valence-electron chi connectivity index (χ1n) is 21.0. The predicted molar refractivity (Wildman–Crippen MR) is 259 cm³/mol. The molecule has 8 N–H and O–H groups in total. The smallest absolute Gasteiger partial charge is 0.340 e. The van der Waals surface area contributed by atoms with Crippen molar-refractivity contribution in [1.29, 1.82) is 0 Å². The van der Waals surface area contributed by atoms with E-state index in [1.54, 1.807) is 42.5 Å². The molecule has 0 bridgehead atoms. The molecule has 1 aromatic heterocycles. The highest BCUT2D eigenvalue weighted by Crippen LogP contribution is 2.57. The number of nitrogens with zero attached hydrogens (tertiary/aromatic N) is 1. The third kappa shape index (κ3) is 10.9. The number of hydrogen-bond donors (Lipinski definition) is 7. The molecule has 8 rings (SSSR count). The van der Waals surface area contributed by atoms with Crippen LogP contribution in [-0.4, -0.2) is 110 Å². The van der Waals surface area contributed by atoms with E-state index in [2.05, 4.69) is 21.3 Å². The standard InChI is InChI=1S/C45H41Cl3N6O12S3/c46-24-2-1-23(34(47)16-24)15-39(57)52-26-18-35(54(22-26)41(59)30-21-38(48)68-43(30)69(49,61)62)40(58)50-9-11-63-13-14-64-12-10-51-44(67)53-25-3-6-31-29(17-25)42(60)66-45(31)32-7-4-27(55)19-36(32)65-37-20-28(56)5-8-33(37)45/h1-8,16-17,19-21,26,35,55-56H,9-15,18,22H2,(H,50,58)(H,52,57)(H2,49,61,62)(H2,51,53,67)/t26-,35-/m1/s1. The van der Waals surface area contributed by atoms with Crippen LogP contribution in [0.3, 0.4) is 0 Å². The van der Waals surface area contributed by atoms with E-state index in [4.69, 9.17) is 71.1 Å². The molecule has 0 unspecified atom stereocenters. The summed E-state index contributed by atoms with van der Waals surface area (Å²) in [7, 11) is -4.34. The summed E-state index contributed by atoms with van der Waals surface area (Å²) in [5.41, 5.74) is 1.20. The Bertz CT molecular complexity index is 2940. The van der Waals surface area contributed by atoms with Gasteiger partial charge < -0.3 is 55.3 Å². The van der Waals surface area contributed by atoms with Crippen LogP contribution in [0.25, 0.3) is 0 Å². The van der Waals surface area contributed by atoms with Crippen LogP contribution in [0.15, 0.2) is 83.1 Å². The van der Waals surface area contributed by atoms with Gasteiger partial charge in [-0.15, -0.1) is 11.3 Å². The number of benzene rings is 4. The number of phenols is 2. The third-order valence-electron chi connectivity index (χ3n) is 11.2. The topological polar surface area (TPSA) is 257 Å². The van der Waals surface area contributed by atoms with Gasteiger partial charge in [-0.05, 0) is 78.8 Å². The van der Waals surface area contributed by atoms with E-state index in [-0.39, 0.29) is 95.9 Å². The molecule has 0 radical (unpaired) electrons. The number of hydrogen-bond acceptors (Lipinski definition) is 14. The summed E-state index contributed by atoms with van der Waals surface area (Å²) in [4.78, 5) is 55.0. The molecule has 2 atom stereocenters. The number of thiocarbonyl (C=S) groups is 1. The van der Waals surface area contributed by atoms with E-state index in [9.17, 15) is 37.8 Å². The van der Waals surface area contributed by atoms with Gasteiger partial charge in [-0.2, -0.15) is 0 Å². The maximum absolute atomic E-state index is 13.8. The average Bonchev–Trinajstić information content (AvgIpc) is 3.98. The van der Waals surface area contributed by atoms with Crippen molar-refractivity contribution in [3.8, 4) is 23.0 Å². The minimum atomic E-state index is -4.34. The Balaban J connectivity index is 0.782. The van der Waals surface area contributed by atoms with Crippen LogP contribution in [-0.2, 0) is 45.8 Å². The number of nitrogens with one attached hydrogen (secondary N) is 4. The van der Waals surface area contributed by atoms with Gasteiger partial charge in [0.15, 0.2) is 10.7 Å². The van der Waals surface area contributed by atoms with Crippen LogP contribution in [0.2, 0.25) is 14.4 Å². The quantitative estimate of drug-likeness (QED) is 0.0370. The van der Waals surface area contributed by atoms with Gasteiger partial charge in [-0.25, -0.2) is 18.4 Å². The number of sulfonamides is 1. The molecule has 24 heteroatoms. The zero-order chi connectivity index (χ0) is 49.2. The molecule has 3 aliphatic heterocycles. The fourth-order valence-electron chi connectivity index (χ4n) is 8.27. The lowest BCUT2D eigenvalue weighted by Gasteiger charge is -2.36. The number of anilines is 1. The summed E-state index contributed by atoms with van der Waals surface area (Å²) in [6.45, 7) is 1.01. The van der Waals surface area contributed by atoms with Gasteiger partial charge in [0.05, 0.1) is 48.3 Å². The zero-order valence-corrected chi connectivity index (χ0v) is 40.6. The number of esters is 1. The summed E-state index contributed by atoms with van der Waals surface area (Å²) < 4.78 is 47.6. The van der Waals surface area contributed by atoms with Crippen LogP contribution in [0.4, 0.5) is 5.69 Å². The van der Waals surface area contributed by atoms with Gasteiger partial charge in [0, 0.05) is 70.2 Å². The molecule has 4 heterocycles. The van der Waals surface area contributed by atoms with E-state index in [0.29, 0.717) is 55.9 Å². The summed E-state index contributed by atoms with van der Waals surface area (Å²) in [5, 5.41) is 38.4. The maximum atomic E-state index is 13.8. The SMILES string of the molecule is NS(=O)(=O)c1sc(Cl)cc1C(=O)N1C[C@H](NC(=O)Cc2ccc(Cl)cc2Cl)C[C@@H]1C(=O)NCCOCCOCCNC(=S)Nc1ccc2c(c1)C(=O)OC21c2ccc(O)cc2Oc2cc(O)ccc21. The summed E-state index contributed by atoms with van der Waals surface area (Å²) in [6, 6.07) is 18.3.